The lowest BCUT2D eigenvalue weighted by Gasteiger charge is -2.31. The fourth-order valence-electron chi connectivity index (χ4n) is 2.92. The van der Waals surface area contributed by atoms with Crippen molar-refractivity contribution in [2.75, 3.05) is 26.7 Å². The summed E-state index contributed by atoms with van der Waals surface area (Å²) in [5.41, 5.74) is 1.24. The number of nitrogens with one attached hydrogen (secondary N) is 1. The molecule has 128 valence electrons. The molecule has 1 saturated heterocycles. The molecule has 0 bridgehead atoms. The van der Waals surface area contributed by atoms with Crippen LogP contribution < -0.4 is 5.32 Å². The Morgan fingerprint density at radius 2 is 2.09 bits per heavy atom. The third kappa shape index (κ3) is 4.34. The third-order valence-corrected chi connectivity index (χ3v) is 4.21. The monoisotopic (exact) mass is 359 g/mol. The van der Waals surface area contributed by atoms with Crippen molar-refractivity contribution in [2.24, 2.45) is 5.92 Å². The minimum Gasteiger partial charge on any atom is -0.338 e. The number of likely N-dealkylation sites (tertiary alicyclic amines) is 1. The number of carbonyl (C=O) groups is 1. The molecule has 0 aromatic carbocycles. The predicted octanol–water partition coefficient (Wildman–Crippen LogP) is 2.03. The Labute approximate surface area is 148 Å². The molecule has 0 radical (unpaired) electrons. The van der Waals surface area contributed by atoms with Crippen molar-refractivity contribution < 1.29 is 4.79 Å². The lowest BCUT2D eigenvalue weighted by atomic mass is 9.93. The summed E-state index contributed by atoms with van der Waals surface area (Å²) in [7, 11) is 1.98. The molecule has 1 amide bonds. The zero-order valence-electron chi connectivity index (χ0n) is 13.1. The largest absolute Gasteiger partial charge is 0.338 e. The topological polar surface area (TPSA) is 62.5 Å². The van der Waals surface area contributed by atoms with Gasteiger partial charge in [-0.2, -0.15) is 5.10 Å². The first-order valence-corrected chi connectivity index (χ1v) is 7.52. The maximum atomic E-state index is 12.6. The Bertz CT molecular complexity index is 625. The number of aromatic nitrogens is 3. The third-order valence-electron chi connectivity index (χ3n) is 4.21. The highest BCUT2D eigenvalue weighted by Crippen LogP contribution is 2.22. The highest BCUT2D eigenvalue weighted by Gasteiger charge is 2.25. The normalized spacial score (nSPS) is 15.1. The second-order valence-electron chi connectivity index (χ2n) is 5.57. The molecular formula is C15H23Cl2N5O. The Balaban J connectivity index is 0.00000132. The first kappa shape index (κ1) is 19.7. The lowest BCUT2D eigenvalue weighted by Crippen LogP contribution is -2.39. The van der Waals surface area contributed by atoms with Crippen molar-refractivity contribution in [1.82, 2.24) is 24.8 Å². The molecule has 3 rings (SSSR count). The van der Waals surface area contributed by atoms with Gasteiger partial charge < -0.3 is 10.2 Å². The lowest BCUT2D eigenvalue weighted by molar-refractivity contribution is 0.0689. The van der Waals surface area contributed by atoms with Crippen molar-refractivity contribution >= 4 is 36.4 Å². The van der Waals surface area contributed by atoms with Crippen molar-refractivity contribution in [1.29, 1.82) is 0 Å². The summed E-state index contributed by atoms with van der Waals surface area (Å²) in [6.07, 6.45) is 8.48. The Morgan fingerprint density at radius 1 is 1.35 bits per heavy atom. The van der Waals surface area contributed by atoms with Crippen LogP contribution in [0.3, 0.4) is 0 Å². The molecule has 0 spiro atoms. The van der Waals surface area contributed by atoms with E-state index in [1.807, 2.05) is 24.2 Å². The molecule has 2 aromatic rings. The predicted molar refractivity (Wildman–Crippen MR) is 94.7 cm³/mol. The second kappa shape index (κ2) is 9.05. The van der Waals surface area contributed by atoms with Crippen LogP contribution in [0, 0.1) is 5.92 Å². The molecule has 1 N–H and O–H groups in total. The summed E-state index contributed by atoms with van der Waals surface area (Å²) in [5, 5.41) is 7.38. The van der Waals surface area contributed by atoms with E-state index in [0.29, 0.717) is 11.2 Å². The number of halogens is 2. The van der Waals surface area contributed by atoms with Crippen molar-refractivity contribution in [3.8, 4) is 0 Å². The van der Waals surface area contributed by atoms with Gasteiger partial charge in [0.05, 0.1) is 6.20 Å². The smallest absolute Gasteiger partial charge is 0.259 e. The van der Waals surface area contributed by atoms with E-state index in [4.69, 9.17) is 0 Å². The molecule has 1 aliphatic rings. The van der Waals surface area contributed by atoms with E-state index in [2.05, 4.69) is 15.4 Å². The van der Waals surface area contributed by atoms with Gasteiger partial charge in [0, 0.05) is 25.5 Å². The fraction of sp³-hybridized carbons (Fsp3) is 0.533. The quantitative estimate of drug-likeness (QED) is 0.906. The minimum atomic E-state index is 0. The zero-order chi connectivity index (χ0) is 14.7. The number of rotatable bonds is 4. The highest BCUT2D eigenvalue weighted by atomic mass is 35.5. The van der Waals surface area contributed by atoms with E-state index in [9.17, 15) is 4.79 Å². The van der Waals surface area contributed by atoms with Crippen LogP contribution in [0.5, 0.6) is 0 Å². The summed E-state index contributed by atoms with van der Waals surface area (Å²) in [4.78, 5) is 18.8. The van der Waals surface area contributed by atoms with Gasteiger partial charge in [-0.05, 0) is 44.8 Å². The highest BCUT2D eigenvalue weighted by molar-refractivity contribution is 5.99. The molecule has 2 aromatic heterocycles. The van der Waals surface area contributed by atoms with Crippen LogP contribution in [0.2, 0.25) is 0 Å². The van der Waals surface area contributed by atoms with E-state index in [0.717, 1.165) is 38.4 Å². The molecule has 0 saturated carbocycles. The summed E-state index contributed by atoms with van der Waals surface area (Å²) < 4.78 is 1.65. The standard InChI is InChI=1S/C15H21N5O.2ClH/c1-16-7-3-12-4-9-19(10-5-12)15(21)13-11-18-20-8-2-6-17-14(13)20;;/h2,6,8,11-12,16H,3-5,7,9-10H2,1H3;2*1H. The van der Waals surface area contributed by atoms with Crippen LogP contribution in [-0.2, 0) is 0 Å². The van der Waals surface area contributed by atoms with E-state index < -0.39 is 0 Å². The molecule has 3 heterocycles. The van der Waals surface area contributed by atoms with Crippen LogP contribution in [0.15, 0.2) is 24.7 Å². The first-order valence-electron chi connectivity index (χ1n) is 7.52. The van der Waals surface area contributed by atoms with Crippen LogP contribution in [0.25, 0.3) is 5.65 Å². The molecule has 1 aliphatic heterocycles. The average Bonchev–Trinajstić information content (AvgIpc) is 2.97. The van der Waals surface area contributed by atoms with Crippen LogP contribution >= 0.6 is 24.8 Å². The Morgan fingerprint density at radius 3 is 2.78 bits per heavy atom. The summed E-state index contributed by atoms with van der Waals surface area (Å²) in [6, 6.07) is 1.81. The number of carbonyl (C=O) groups excluding carboxylic acids is 1. The number of amides is 1. The summed E-state index contributed by atoms with van der Waals surface area (Å²) >= 11 is 0. The van der Waals surface area contributed by atoms with Gasteiger partial charge in [0.2, 0.25) is 0 Å². The van der Waals surface area contributed by atoms with Gasteiger partial charge in [-0.3, -0.25) is 4.79 Å². The molecule has 1 fully saturated rings. The molecule has 6 nitrogen and oxygen atoms in total. The maximum absolute atomic E-state index is 12.6. The van der Waals surface area contributed by atoms with Gasteiger partial charge in [-0.15, -0.1) is 24.8 Å². The number of nitrogens with zero attached hydrogens (tertiary/aromatic N) is 4. The van der Waals surface area contributed by atoms with Crippen LogP contribution in [0.1, 0.15) is 29.6 Å². The summed E-state index contributed by atoms with van der Waals surface area (Å²) in [5.74, 6) is 0.777. The molecule has 8 heteroatoms. The van der Waals surface area contributed by atoms with E-state index in [1.54, 1.807) is 16.9 Å². The zero-order valence-corrected chi connectivity index (χ0v) is 14.8. The maximum Gasteiger partial charge on any atom is 0.259 e. The number of hydrogen-bond acceptors (Lipinski definition) is 4. The fourth-order valence-corrected chi connectivity index (χ4v) is 2.92. The average molecular weight is 360 g/mol. The molecule has 0 unspecified atom stereocenters. The van der Waals surface area contributed by atoms with Gasteiger partial charge in [0.25, 0.3) is 5.91 Å². The van der Waals surface area contributed by atoms with Crippen molar-refractivity contribution in [3.05, 3.63) is 30.2 Å². The van der Waals surface area contributed by atoms with Gasteiger partial charge >= 0.3 is 0 Å². The number of piperidine rings is 1. The van der Waals surface area contributed by atoms with E-state index >= 15 is 0 Å². The Kier molecular flexibility index (Phi) is 7.75. The SMILES string of the molecule is CNCCC1CCN(C(=O)c2cnn3cccnc23)CC1.Cl.Cl. The second-order valence-corrected chi connectivity index (χ2v) is 5.57. The molecule has 0 aliphatic carbocycles. The van der Waals surface area contributed by atoms with Gasteiger partial charge in [-0.1, -0.05) is 0 Å². The van der Waals surface area contributed by atoms with Crippen molar-refractivity contribution in [3.63, 3.8) is 0 Å². The van der Waals surface area contributed by atoms with Crippen LogP contribution in [0.4, 0.5) is 0 Å². The van der Waals surface area contributed by atoms with Gasteiger partial charge in [0.15, 0.2) is 5.65 Å². The first-order chi connectivity index (χ1) is 10.3. The summed E-state index contributed by atoms with van der Waals surface area (Å²) in [6.45, 7) is 2.71. The van der Waals surface area contributed by atoms with Crippen LogP contribution in [-0.4, -0.2) is 52.1 Å². The minimum absolute atomic E-state index is 0. The Hall–Kier alpha value is -1.37. The molecule has 23 heavy (non-hydrogen) atoms. The number of hydrogen-bond donors (Lipinski definition) is 1. The van der Waals surface area contributed by atoms with E-state index in [-0.39, 0.29) is 30.7 Å². The van der Waals surface area contributed by atoms with Crippen molar-refractivity contribution in [2.45, 2.75) is 19.3 Å². The number of fused-ring (bicyclic) bond motifs is 1. The van der Waals surface area contributed by atoms with Gasteiger partial charge in [-0.25, -0.2) is 9.50 Å². The van der Waals surface area contributed by atoms with Gasteiger partial charge in [0.1, 0.15) is 5.56 Å². The molecule has 0 atom stereocenters. The van der Waals surface area contributed by atoms with E-state index in [1.165, 1.54) is 6.42 Å². The molecular weight excluding hydrogens is 337 g/mol.